The Morgan fingerprint density at radius 2 is 1.90 bits per heavy atom. The first-order valence-corrected chi connectivity index (χ1v) is 13.5. The smallest absolute Gasteiger partial charge is 0.267 e. The molecule has 0 aliphatic carbocycles. The molecule has 1 saturated heterocycles. The Kier molecular flexibility index (Phi) is 8.97. The maximum Gasteiger partial charge on any atom is 0.267 e. The number of hydroxylamine groups is 1. The average Bonchev–Trinajstić information content (AvgIpc) is 3.18. The summed E-state index contributed by atoms with van der Waals surface area (Å²) in [6.45, 7) is 2.88. The summed E-state index contributed by atoms with van der Waals surface area (Å²) in [5.41, 5.74) is 0.0202. The standard InChI is InChI=1S/C28H34ClF3N7O3/c1-27(2,40)17-9-19(30)18(29)10-20(17)34-25-7-8-33-26(36-25)35-21-11-22(38(5)41)23(12-24(21)42-6)39-15-28(31,32)13-16(39)14-37(3)4/h7-12,16,40H,13-15H2,1-6H3,(H2,33,34,35,36)/q-1/t16-/m1/s1. The fourth-order valence-electron chi connectivity index (χ4n) is 4.97. The van der Waals surface area contributed by atoms with Crippen molar-refractivity contribution in [3.8, 4) is 5.75 Å². The number of benzene rings is 2. The van der Waals surface area contributed by atoms with Crippen LogP contribution in [-0.4, -0.2) is 73.3 Å². The molecule has 14 heteroatoms. The van der Waals surface area contributed by atoms with Gasteiger partial charge in [-0.15, -0.1) is 0 Å². The van der Waals surface area contributed by atoms with Gasteiger partial charge in [0.2, 0.25) is 5.95 Å². The van der Waals surface area contributed by atoms with Gasteiger partial charge in [-0.1, -0.05) is 11.6 Å². The summed E-state index contributed by atoms with van der Waals surface area (Å²) < 4.78 is 48.8. The molecule has 3 N–H and O–H groups in total. The number of ether oxygens (including phenoxy) is 1. The van der Waals surface area contributed by atoms with E-state index in [0.29, 0.717) is 34.5 Å². The zero-order valence-electron chi connectivity index (χ0n) is 24.2. The summed E-state index contributed by atoms with van der Waals surface area (Å²) in [5.74, 6) is -2.90. The molecule has 0 spiro atoms. The molecule has 1 atom stereocenters. The Morgan fingerprint density at radius 3 is 2.52 bits per heavy atom. The number of aromatic nitrogens is 2. The largest absolute Gasteiger partial charge is 0.758 e. The molecular weight excluding hydrogens is 575 g/mol. The Labute approximate surface area is 247 Å². The van der Waals surface area contributed by atoms with Crippen LogP contribution < -0.4 is 25.3 Å². The molecule has 2 aromatic carbocycles. The van der Waals surface area contributed by atoms with Gasteiger partial charge in [0.15, 0.2) is 0 Å². The number of aliphatic hydroxyl groups is 1. The molecule has 1 aliphatic heterocycles. The second-order valence-electron chi connectivity index (χ2n) is 11.0. The molecule has 10 nitrogen and oxygen atoms in total. The number of likely N-dealkylation sites (N-methyl/N-ethyl adjacent to an activating group) is 1. The molecule has 1 aliphatic rings. The van der Waals surface area contributed by atoms with E-state index < -0.39 is 29.9 Å². The number of hydrogen-bond donors (Lipinski definition) is 3. The highest BCUT2D eigenvalue weighted by molar-refractivity contribution is 6.31. The summed E-state index contributed by atoms with van der Waals surface area (Å²) in [5, 5.41) is 29.7. The minimum atomic E-state index is -2.91. The summed E-state index contributed by atoms with van der Waals surface area (Å²) >= 11 is 5.99. The first kappa shape index (κ1) is 31.4. The highest BCUT2D eigenvalue weighted by atomic mass is 35.5. The third kappa shape index (κ3) is 7.09. The molecule has 3 aromatic rings. The Hall–Kier alpha value is -3.52. The Morgan fingerprint density at radius 1 is 1.19 bits per heavy atom. The normalized spacial score (nSPS) is 16.6. The van der Waals surface area contributed by atoms with Crippen LogP contribution in [-0.2, 0) is 5.60 Å². The lowest BCUT2D eigenvalue weighted by molar-refractivity contribution is 0.0216. The first-order valence-electron chi connectivity index (χ1n) is 13.1. The van der Waals surface area contributed by atoms with Crippen molar-refractivity contribution in [2.45, 2.75) is 37.8 Å². The molecular formula is C28H34ClF3N7O3-. The minimum Gasteiger partial charge on any atom is -0.758 e. The van der Waals surface area contributed by atoms with Gasteiger partial charge in [0.05, 0.1) is 41.3 Å². The molecule has 1 fully saturated rings. The van der Waals surface area contributed by atoms with E-state index >= 15 is 0 Å². The zero-order valence-corrected chi connectivity index (χ0v) is 24.9. The van der Waals surface area contributed by atoms with Gasteiger partial charge >= 0.3 is 0 Å². The molecule has 42 heavy (non-hydrogen) atoms. The monoisotopic (exact) mass is 608 g/mol. The van der Waals surface area contributed by atoms with Gasteiger partial charge in [0.1, 0.15) is 17.4 Å². The van der Waals surface area contributed by atoms with Gasteiger partial charge in [0, 0.05) is 42.5 Å². The van der Waals surface area contributed by atoms with E-state index in [1.54, 1.807) is 17.0 Å². The van der Waals surface area contributed by atoms with Crippen LogP contribution in [0.4, 0.5) is 47.7 Å². The van der Waals surface area contributed by atoms with Gasteiger partial charge in [-0.25, -0.2) is 18.2 Å². The summed E-state index contributed by atoms with van der Waals surface area (Å²) in [6.07, 6.45) is 1.13. The van der Waals surface area contributed by atoms with E-state index in [0.717, 1.165) is 6.07 Å². The summed E-state index contributed by atoms with van der Waals surface area (Å²) in [4.78, 5) is 12.0. The van der Waals surface area contributed by atoms with Crippen LogP contribution in [0.2, 0.25) is 5.02 Å². The van der Waals surface area contributed by atoms with Gasteiger partial charge in [-0.2, -0.15) is 4.98 Å². The lowest BCUT2D eigenvalue weighted by Crippen LogP contribution is -2.38. The van der Waals surface area contributed by atoms with Crippen molar-refractivity contribution in [3.63, 3.8) is 0 Å². The molecule has 0 bridgehead atoms. The molecule has 0 unspecified atom stereocenters. The van der Waals surface area contributed by atoms with E-state index in [9.17, 15) is 23.5 Å². The molecule has 4 rings (SSSR count). The van der Waals surface area contributed by atoms with E-state index in [2.05, 4.69) is 20.6 Å². The Bertz CT molecular complexity index is 1440. The number of nitrogens with one attached hydrogen (secondary N) is 2. The van der Waals surface area contributed by atoms with Crippen LogP contribution in [0.15, 0.2) is 36.5 Å². The van der Waals surface area contributed by atoms with E-state index in [-0.39, 0.29) is 34.4 Å². The lowest BCUT2D eigenvalue weighted by atomic mass is 9.96. The third-order valence-electron chi connectivity index (χ3n) is 6.78. The van der Waals surface area contributed by atoms with Crippen molar-refractivity contribution in [1.82, 2.24) is 14.9 Å². The average molecular weight is 609 g/mol. The van der Waals surface area contributed by atoms with Crippen LogP contribution in [0.25, 0.3) is 0 Å². The van der Waals surface area contributed by atoms with Crippen LogP contribution in [0.3, 0.4) is 0 Å². The second kappa shape index (κ2) is 12.0. The minimum absolute atomic E-state index is 0.113. The molecule has 0 saturated carbocycles. The highest BCUT2D eigenvalue weighted by Gasteiger charge is 2.46. The molecule has 1 aromatic heterocycles. The van der Waals surface area contributed by atoms with E-state index in [1.807, 2.05) is 19.0 Å². The number of methoxy groups -OCH3 is 1. The molecule has 0 radical (unpaired) electrons. The zero-order chi connectivity index (χ0) is 31.0. The quantitative estimate of drug-likeness (QED) is 0.248. The second-order valence-corrected chi connectivity index (χ2v) is 11.4. The van der Waals surface area contributed by atoms with Crippen LogP contribution in [0.5, 0.6) is 5.75 Å². The van der Waals surface area contributed by atoms with Crippen molar-refractivity contribution in [2.75, 3.05) is 61.9 Å². The van der Waals surface area contributed by atoms with Crippen LogP contribution in [0, 0.1) is 11.0 Å². The van der Waals surface area contributed by atoms with Gasteiger partial charge in [-0.3, -0.25) is 0 Å². The SMILES string of the molecule is COc1cc(N2CC(F)(F)C[C@@H]2CN(C)C)c(N(C)[O-])cc1Nc1nccc(Nc2cc(Cl)c(F)cc2C(C)(C)O)n1. The van der Waals surface area contributed by atoms with Crippen LogP contribution in [0.1, 0.15) is 25.8 Å². The number of alkyl halides is 2. The number of anilines is 6. The van der Waals surface area contributed by atoms with E-state index in [4.69, 9.17) is 16.3 Å². The summed E-state index contributed by atoms with van der Waals surface area (Å²) in [6, 6.07) is 6.60. The fraction of sp³-hybridized carbons (Fsp3) is 0.429. The van der Waals surface area contributed by atoms with Gasteiger partial charge in [0.25, 0.3) is 5.92 Å². The molecule has 228 valence electrons. The van der Waals surface area contributed by atoms with Crippen molar-refractivity contribution in [3.05, 3.63) is 58.1 Å². The van der Waals surface area contributed by atoms with Crippen molar-refractivity contribution in [2.24, 2.45) is 0 Å². The van der Waals surface area contributed by atoms with Gasteiger partial charge in [-0.05, 0) is 59.3 Å². The van der Waals surface area contributed by atoms with Crippen molar-refractivity contribution in [1.29, 1.82) is 0 Å². The molecule has 2 heterocycles. The fourth-order valence-corrected chi connectivity index (χ4v) is 5.14. The number of rotatable bonds is 10. The highest BCUT2D eigenvalue weighted by Crippen LogP contribution is 2.44. The number of halogens is 4. The van der Waals surface area contributed by atoms with Gasteiger partial charge < -0.3 is 40.5 Å². The molecule has 0 amide bonds. The van der Waals surface area contributed by atoms with Crippen molar-refractivity contribution >= 4 is 46.1 Å². The number of nitrogens with zero attached hydrogens (tertiary/aromatic N) is 5. The van der Waals surface area contributed by atoms with E-state index in [1.165, 1.54) is 46.3 Å². The van der Waals surface area contributed by atoms with Crippen molar-refractivity contribution < 1.29 is 23.0 Å². The van der Waals surface area contributed by atoms with Crippen LogP contribution >= 0.6 is 11.6 Å². The predicted octanol–water partition coefficient (Wildman–Crippen LogP) is 5.70. The maximum absolute atomic E-state index is 14.5. The first-order chi connectivity index (χ1) is 19.6. The summed E-state index contributed by atoms with van der Waals surface area (Å²) in [7, 11) is 6.33. The maximum atomic E-state index is 14.5. The predicted molar refractivity (Wildman–Crippen MR) is 159 cm³/mol. The Balaban J connectivity index is 1.68. The third-order valence-corrected chi connectivity index (χ3v) is 7.07. The topological polar surface area (TPSA) is 112 Å². The number of hydrogen-bond acceptors (Lipinski definition) is 10. The lowest BCUT2D eigenvalue weighted by Gasteiger charge is -2.35.